The van der Waals surface area contributed by atoms with Crippen molar-refractivity contribution in [1.82, 2.24) is 0 Å². The van der Waals surface area contributed by atoms with Crippen LogP contribution in [0.3, 0.4) is 0 Å². The minimum Gasteiger partial charge on any atom is -0.504 e. The number of nitrogens with two attached hydrogens (primary N) is 1. The van der Waals surface area contributed by atoms with E-state index >= 15 is 0 Å². The number of hydrogen-bond donors (Lipinski definition) is 2. The van der Waals surface area contributed by atoms with Crippen molar-refractivity contribution in [2.75, 3.05) is 5.73 Å². The molecule has 0 heterocycles. The number of anilines is 1. The molecular formula is C12H11NO2. The molecule has 76 valence electrons. The van der Waals surface area contributed by atoms with Crippen LogP contribution < -0.4 is 10.5 Å². The molecule has 3 N–H and O–H groups in total. The summed E-state index contributed by atoms with van der Waals surface area (Å²) in [4.78, 5) is 0. The predicted molar refractivity (Wildman–Crippen MR) is 59.0 cm³/mol. The molecule has 0 aliphatic heterocycles. The van der Waals surface area contributed by atoms with E-state index in [9.17, 15) is 5.11 Å². The van der Waals surface area contributed by atoms with E-state index in [-0.39, 0.29) is 5.75 Å². The molecule has 0 fully saturated rings. The van der Waals surface area contributed by atoms with Crippen molar-refractivity contribution in [3.8, 4) is 17.2 Å². The summed E-state index contributed by atoms with van der Waals surface area (Å²) < 4.78 is 5.46. The molecule has 0 aliphatic carbocycles. The van der Waals surface area contributed by atoms with Crippen LogP contribution in [0.1, 0.15) is 0 Å². The summed E-state index contributed by atoms with van der Waals surface area (Å²) in [6, 6.07) is 14.1. The van der Waals surface area contributed by atoms with Gasteiger partial charge in [-0.25, -0.2) is 0 Å². The quantitative estimate of drug-likeness (QED) is 0.734. The van der Waals surface area contributed by atoms with E-state index < -0.39 is 0 Å². The monoisotopic (exact) mass is 201 g/mol. The third kappa shape index (κ3) is 2.02. The lowest BCUT2D eigenvalue weighted by Gasteiger charge is -2.09. The van der Waals surface area contributed by atoms with Crippen LogP contribution in [-0.2, 0) is 0 Å². The fourth-order valence-electron chi connectivity index (χ4n) is 1.26. The number of rotatable bonds is 2. The lowest BCUT2D eigenvalue weighted by atomic mass is 10.2. The molecule has 0 amide bonds. The molecule has 0 aliphatic rings. The topological polar surface area (TPSA) is 55.5 Å². The zero-order chi connectivity index (χ0) is 10.7. The molecule has 2 aromatic carbocycles. The standard InChI is InChI=1S/C12H11NO2/c13-10-7-4-8-11(14)12(10)15-9-5-2-1-3-6-9/h1-8,14H,13H2. The maximum absolute atomic E-state index is 9.55. The van der Waals surface area contributed by atoms with Crippen molar-refractivity contribution >= 4 is 5.69 Å². The zero-order valence-electron chi connectivity index (χ0n) is 8.05. The highest BCUT2D eigenvalue weighted by atomic mass is 16.5. The molecule has 3 heteroatoms. The highest BCUT2D eigenvalue weighted by Crippen LogP contribution is 2.35. The van der Waals surface area contributed by atoms with E-state index in [0.717, 1.165) is 0 Å². The van der Waals surface area contributed by atoms with Crippen molar-refractivity contribution in [3.63, 3.8) is 0 Å². The van der Waals surface area contributed by atoms with E-state index in [0.29, 0.717) is 17.2 Å². The number of phenolic OH excluding ortho intramolecular Hbond substituents is 1. The van der Waals surface area contributed by atoms with Gasteiger partial charge in [0.15, 0.2) is 11.5 Å². The van der Waals surface area contributed by atoms with E-state index in [4.69, 9.17) is 10.5 Å². The third-order valence-corrected chi connectivity index (χ3v) is 1.99. The molecule has 2 aromatic rings. The van der Waals surface area contributed by atoms with Crippen molar-refractivity contribution in [2.24, 2.45) is 0 Å². The first-order chi connectivity index (χ1) is 7.27. The van der Waals surface area contributed by atoms with Gasteiger partial charge in [0, 0.05) is 0 Å². The summed E-state index contributed by atoms with van der Waals surface area (Å²) in [5.41, 5.74) is 6.10. The summed E-state index contributed by atoms with van der Waals surface area (Å²) in [5.74, 6) is 0.980. The SMILES string of the molecule is Nc1cccc(O)c1Oc1ccccc1. The molecule has 2 rings (SSSR count). The van der Waals surface area contributed by atoms with Gasteiger partial charge in [-0.2, -0.15) is 0 Å². The van der Waals surface area contributed by atoms with Crippen LogP contribution in [0.5, 0.6) is 17.2 Å². The van der Waals surface area contributed by atoms with Gasteiger partial charge >= 0.3 is 0 Å². The second kappa shape index (κ2) is 3.92. The smallest absolute Gasteiger partial charge is 0.191 e. The van der Waals surface area contributed by atoms with Gasteiger partial charge < -0.3 is 15.6 Å². The molecule has 0 spiro atoms. The third-order valence-electron chi connectivity index (χ3n) is 1.99. The van der Waals surface area contributed by atoms with Gasteiger partial charge in [-0.05, 0) is 24.3 Å². The summed E-state index contributed by atoms with van der Waals surface area (Å²) in [7, 11) is 0. The number of ether oxygens (including phenoxy) is 1. The Morgan fingerprint density at radius 3 is 2.33 bits per heavy atom. The van der Waals surface area contributed by atoms with Crippen LogP contribution >= 0.6 is 0 Å². The average molecular weight is 201 g/mol. The fourth-order valence-corrected chi connectivity index (χ4v) is 1.26. The Kier molecular flexibility index (Phi) is 2.46. The van der Waals surface area contributed by atoms with Gasteiger partial charge in [-0.15, -0.1) is 0 Å². The second-order valence-electron chi connectivity index (χ2n) is 3.11. The minimum atomic E-state index is 0.0406. The number of benzene rings is 2. The van der Waals surface area contributed by atoms with Crippen LogP contribution in [-0.4, -0.2) is 5.11 Å². The highest BCUT2D eigenvalue weighted by Gasteiger charge is 2.06. The Morgan fingerprint density at radius 1 is 0.933 bits per heavy atom. The number of para-hydroxylation sites is 2. The van der Waals surface area contributed by atoms with Gasteiger partial charge in [0.2, 0.25) is 0 Å². The van der Waals surface area contributed by atoms with Crippen LogP contribution in [0.15, 0.2) is 48.5 Å². The molecule has 0 atom stereocenters. The highest BCUT2D eigenvalue weighted by molar-refractivity contribution is 5.60. The summed E-state index contributed by atoms with van der Waals surface area (Å²) in [6.07, 6.45) is 0. The van der Waals surface area contributed by atoms with Gasteiger partial charge in [0.05, 0.1) is 5.69 Å². The Bertz CT molecular complexity index is 434. The summed E-state index contributed by atoms with van der Waals surface area (Å²) in [5, 5.41) is 9.55. The molecule has 0 bridgehead atoms. The Morgan fingerprint density at radius 2 is 1.67 bits per heavy atom. The molecule has 0 saturated heterocycles. The number of hydrogen-bond acceptors (Lipinski definition) is 3. The number of phenols is 1. The van der Waals surface area contributed by atoms with Gasteiger partial charge in [-0.1, -0.05) is 24.3 Å². The molecular weight excluding hydrogens is 190 g/mol. The number of aromatic hydroxyl groups is 1. The fraction of sp³-hybridized carbons (Fsp3) is 0. The minimum absolute atomic E-state index is 0.0406. The van der Waals surface area contributed by atoms with Gasteiger partial charge in [-0.3, -0.25) is 0 Å². The molecule has 0 radical (unpaired) electrons. The second-order valence-corrected chi connectivity index (χ2v) is 3.11. The largest absolute Gasteiger partial charge is 0.504 e. The normalized spacial score (nSPS) is 9.87. The Labute approximate surface area is 87.7 Å². The maximum Gasteiger partial charge on any atom is 0.191 e. The van der Waals surface area contributed by atoms with E-state index in [1.807, 2.05) is 18.2 Å². The first-order valence-corrected chi connectivity index (χ1v) is 4.58. The Hall–Kier alpha value is -2.16. The first kappa shape index (κ1) is 9.40. The van der Waals surface area contributed by atoms with E-state index in [1.165, 1.54) is 6.07 Å². The maximum atomic E-state index is 9.55. The van der Waals surface area contributed by atoms with Gasteiger partial charge in [0.1, 0.15) is 5.75 Å². The lowest BCUT2D eigenvalue weighted by molar-refractivity contribution is 0.413. The van der Waals surface area contributed by atoms with Gasteiger partial charge in [0.25, 0.3) is 0 Å². The van der Waals surface area contributed by atoms with Crippen molar-refractivity contribution in [1.29, 1.82) is 0 Å². The average Bonchev–Trinajstić information content (AvgIpc) is 2.25. The van der Waals surface area contributed by atoms with Crippen LogP contribution in [0, 0.1) is 0 Å². The molecule has 0 saturated carbocycles. The van der Waals surface area contributed by atoms with Crippen LogP contribution in [0.4, 0.5) is 5.69 Å². The summed E-state index contributed by atoms with van der Waals surface area (Å²) >= 11 is 0. The Balaban J connectivity index is 2.32. The van der Waals surface area contributed by atoms with E-state index in [1.54, 1.807) is 24.3 Å². The molecule has 0 unspecified atom stereocenters. The first-order valence-electron chi connectivity index (χ1n) is 4.58. The van der Waals surface area contributed by atoms with Crippen LogP contribution in [0.2, 0.25) is 0 Å². The molecule has 15 heavy (non-hydrogen) atoms. The number of nitrogen functional groups attached to an aromatic ring is 1. The van der Waals surface area contributed by atoms with Crippen molar-refractivity contribution < 1.29 is 9.84 Å². The summed E-state index contributed by atoms with van der Waals surface area (Å²) in [6.45, 7) is 0. The van der Waals surface area contributed by atoms with Crippen LogP contribution in [0.25, 0.3) is 0 Å². The zero-order valence-corrected chi connectivity index (χ0v) is 8.05. The van der Waals surface area contributed by atoms with E-state index in [2.05, 4.69) is 0 Å². The molecule has 0 aromatic heterocycles. The lowest BCUT2D eigenvalue weighted by Crippen LogP contribution is -1.91. The van der Waals surface area contributed by atoms with Crippen molar-refractivity contribution in [2.45, 2.75) is 0 Å². The van der Waals surface area contributed by atoms with Crippen molar-refractivity contribution in [3.05, 3.63) is 48.5 Å². The predicted octanol–water partition coefficient (Wildman–Crippen LogP) is 2.77. The molecule has 3 nitrogen and oxygen atoms in total.